The molecule has 0 N–H and O–H groups in total. The van der Waals surface area contributed by atoms with Gasteiger partial charge in [0.2, 0.25) is 0 Å². The highest BCUT2D eigenvalue weighted by Gasteiger charge is 2.11. The van der Waals surface area contributed by atoms with Gasteiger partial charge >= 0.3 is 5.97 Å². The average molecular weight is 196 g/mol. The van der Waals surface area contributed by atoms with Gasteiger partial charge in [0.05, 0.1) is 12.2 Å². The van der Waals surface area contributed by atoms with Gasteiger partial charge in [-0.15, -0.1) is 11.3 Å². The van der Waals surface area contributed by atoms with Gasteiger partial charge in [-0.1, -0.05) is 12.1 Å². The molecule has 0 saturated carbocycles. The van der Waals surface area contributed by atoms with Crippen molar-refractivity contribution in [2.45, 2.75) is 13.8 Å². The first kappa shape index (κ1) is 9.99. The monoisotopic (exact) mass is 196 g/mol. The number of thiophene rings is 1. The summed E-state index contributed by atoms with van der Waals surface area (Å²) in [6.45, 7) is 4.06. The molecule has 2 nitrogen and oxygen atoms in total. The third-order valence-electron chi connectivity index (χ3n) is 1.57. The van der Waals surface area contributed by atoms with E-state index in [1.165, 1.54) is 0 Å². The van der Waals surface area contributed by atoms with E-state index in [4.69, 9.17) is 4.74 Å². The van der Waals surface area contributed by atoms with E-state index in [1.807, 2.05) is 24.4 Å². The Kier molecular flexibility index (Phi) is 3.71. The summed E-state index contributed by atoms with van der Waals surface area (Å²) in [7, 11) is 0. The zero-order valence-corrected chi connectivity index (χ0v) is 8.56. The third-order valence-corrected chi connectivity index (χ3v) is 2.47. The maximum absolute atomic E-state index is 11.4. The Balaban J connectivity index is 2.82. The summed E-state index contributed by atoms with van der Waals surface area (Å²) >= 11 is 1.54. The minimum absolute atomic E-state index is 0.243. The predicted molar refractivity (Wildman–Crippen MR) is 54.6 cm³/mol. The molecule has 0 unspecified atom stereocenters. The van der Waals surface area contributed by atoms with Crippen LogP contribution in [0.25, 0.3) is 5.57 Å². The van der Waals surface area contributed by atoms with Crippen molar-refractivity contribution in [2.75, 3.05) is 6.61 Å². The van der Waals surface area contributed by atoms with Crippen LogP contribution in [0.1, 0.15) is 18.7 Å². The van der Waals surface area contributed by atoms with Crippen molar-refractivity contribution in [3.8, 4) is 0 Å². The van der Waals surface area contributed by atoms with E-state index in [0.29, 0.717) is 12.2 Å². The van der Waals surface area contributed by atoms with Crippen LogP contribution >= 0.6 is 11.3 Å². The highest BCUT2D eigenvalue weighted by molar-refractivity contribution is 7.11. The van der Waals surface area contributed by atoms with Gasteiger partial charge < -0.3 is 4.74 Å². The molecule has 0 amide bonds. The molecule has 13 heavy (non-hydrogen) atoms. The van der Waals surface area contributed by atoms with E-state index >= 15 is 0 Å². The molecule has 0 aliphatic heterocycles. The van der Waals surface area contributed by atoms with Crippen LogP contribution in [0.4, 0.5) is 0 Å². The smallest absolute Gasteiger partial charge is 0.339 e. The first-order valence-electron chi connectivity index (χ1n) is 4.17. The molecule has 1 heterocycles. The van der Waals surface area contributed by atoms with Gasteiger partial charge in [-0.05, 0) is 25.3 Å². The van der Waals surface area contributed by atoms with Crippen LogP contribution in [-0.4, -0.2) is 12.6 Å². The maximum Gasteiger partial charge on any atom is 0.339 e. The van der Waals surface area contributed by atoms with Gasteiger partial charge in [-0.2, -0.15) is 0 Å². The summed E-state index contributed by atoms with van der Waals surface area (Å²) in [4.78, 5) is 12.3. The number of esters is 1. The van der Waals surface area contributed by atoms with Gasteiger partial charge in [0, 0.05) is 4.88 Å². The van der Waals surface area contributed by atoms with Gasteiger partial charge in [-0.3, -0.25) is 0 Å². The van der Waals surface area contributed by atoms with Gasteiger partial charge in [-0.25, -0.2) is 4.79 Å². The third kappa shape index (κ3) is 2.42. The molecule has 1 rings (SSSR count). The van der Waals surface area contributed by atoms with Crippen LogP contribution in [0, 0.1) is 0 Å². The van der Waals surface area contributed by atoms with Crippen molar-refractivity contribution in [1.82, 2.24) is 0 Å². The zero-order valence-electron chi connectivity index (χ0n) is 7.74. The molecule has 0 fully saturated rings. The van der Waals surface area contributed by atoms with Crippen LogP contribution < -0.4 is 0 Å². The lowest BCUT2D eigenvalue weighted by Crippen LogP contribution is -2.05. The van der Waals surface area contributed by atoms with Crippen molar-refractivity contribution < 1.29 is 9.53 Å². The van der Waals surface area contributed by atoms with Gasteiger partial charge in [0.25, 0.3) is 0 Å². The highest BCUT2D eigenvalue weighted by atomic mass is 32.1. The molecule has 0 bridgehead atoms. The number of hydrogen-bond donors (Lipinski definition) is 0. The molecular weight excluding hydrogens is 184 g/mol. The molecule has 0 atom stereocenters. The SMILES string of the molecule is CC=C(C(=O)OCC)c1cccs1. The van der Waals surface area contributed by atoms with Crippen molar-refractivity contribution in [1.29, 1.82) is 0 Å². The van der Waals surface area contributed by atoms with Crippen LogP contribution in [0.5, 0.6) is 0 Å². The van der Waals surface area contributed by atoms with E-state index in [1.54, 1.807) is 24.3 Å². The minimum atomic E-state index is -0.243. The topological polar surface area (TPSA) is 26.3 Å². The first-order chi connectivity index (χ1) is 6.29. The van der Waals surface area contributed by atoms with E-state index in [-0.39, 0.29) is 5.97 Å². The van der Waals surface area contributed by atoms with E-state index in [2.05, 4.69) is 0 Å². The van der Waals surface area contributed by atoms with Crippen molar-refractivity contribution in [3.63, 3.8) is 0 Å². The standard InChI is InChI=1S/C10H12O2S/c1-3-8(10(11)12-4-2)9-6-5-7-13-9/h3,5-7H,4H2,1-2H3. The molecule has 0 aromatic carbocycles. The molecule has 1 aromatic rings. The van der Waals surface area contributed by atoms with Crippen LogP contribution in [-0.2, 0) is 9.53 Å². The van der Waals surface area contributed by atoms with Crippen molar-refractivity contribution in [2.24, 2.45) is 0 Å². The highest BCUT2D eigenvalue weighted by Crippen LogP contribution is 2.21. The van der Waals surface area contributed by atoms with E-state index < -0.39 is 0 Å². The summed E-state index contributed by atoms with van der Waals surface area (Å²) in [5, 5.41) is 1.94. The molecule has 0 aliphatic rings. The average Bonchev–Trinajstić information content (AvgIpc) is 2.59. The number of hydrogen-bond acceptors (Lipinski definition) is 3. The number of ether oxygens (including phenoxy) is 1. The Bertz CT molecular complexity index is 299. The molecule has 70 valence electrons. The van der Waals surface area contributed by atoms with Crippen LogP contribution in [0.3, 0.4) is 0 Å². The lowest BCUT2D eigenvalue weighted by atomic mass is 10.2. The largest absolute Gasteiger partial charge is 0.462 e. The number of carbonyl (C=O) groups is 1. The second-order valence-corrected chi connectivity index (χ2v) is 3.35. The fourth-order valence-corrected chi connectivity index (χ4v) is 1.79. The number of carbonyl (C=O) groups excluding carboxylic acids is 1. The Hall–Kier alpha value is -1.09. The Morgan fingerprint density at radius 3 is 2.92 bits per heavy atom. The molecule has 3 heteroatoms. The first-order valence-corrected chi connectivity index (χ1v) is 5.04. The molecule has 0 spiro atoms. The van der Waals surface area contributed by atoms with Crippen LogP contribution in [0.15, 0.2) is 23.6 Å². The minimum Gasteiger partial charge on any atom is -0.462 e. The normalized spacial score (nSPS) is 11.4. The van der Waals surface area contributed by atoms with E-state index in [0.717, 1.165) is 4.88 Å². The second-order valence-electron chi connectivity index (χ2n) is 2.40. The lowest BCUT2D eigenvalue weighted by Gasteiger charge is -2.03. The maximum atomic E-state index is 11.4. The summed E-state index contributed by atoms with van der Waals surface area (Å²) < 4.78 is 4.92. The molecule has 0 radical (unpaired) electrons. The fraction of sp³-hybridized carbons (Fsp3) is 0.300. The molecule has 0 aliphatic carbocycles. The van der Waals surface area contributed by atoms with Gasteiger partial charge in [0.1, 0.15) is 0 Å². The summed E-state index contributed by atoms with van der Waals surface area (Å²) in [6, 6.07) is 3.83. The Morgan fingerprint density at radius 1 is 1.69 bits per heavy atom. The summed E-state index contributed by atoms with van der Waals surface area (Å²) in [5.74, 6) is -0.243. The summed E-state index contributed by atoms with van der Waals surface area (Å²) in [6.07, 6.45) is 1.78. The zero-order chi connectivity index (χ0) is 9.68. The fourth-order valence-electron chi connectivity index (χ4n) is 1.00. The number of rotatable bonds is 3. The quantitative estimate of drug-likeness (QED) is 0.549. The molecular formula is C10H12O2S. The van der Waals surface area contributed by atoms with Crippen LogP contribution in [0.2, 0.25) is 0 Å². The summed E-state index contributed by atoms with van der Waals surface area (Å²) in [5.41, 5.74) is 0.650. The molecule has 1 aromatic heterocycles. The predicted octanol–water partition coefficient (Wildman–Crippen LogP) is 2.71. The second kappa shape index (κ2) is 4.82. The van der Waals surface area contributed by atoms with Gasteiger partial charge in [0.15, 0.2) is 0 Å². The lowest BCUT2D eigenvalue weighted by molar-refractivity contribution is -0.136. The Morgan fingerprint density at radius 2 is 2.46 bits per heavy atom. The number of allylic oxidation sites excluding steroid dienone is 1. The van der Waals surface area contributed by atoms with Crippen molar-refractivity contribution in [3.05, 3.63) is 28.5 Å². The Labute approximate surface area is 81.8 Å². The van der Waals surface area contributed by atoms with E-state index in [9.17, 15) is 4.79 Å². The molecule has 0 saturated heterocycles. The van der Waals surface area contributed by atoms with Crippen molar-refractivity contribution >= 4 is 22.9 Å².